The van der Waals surface area contributed by atoms with Gasteiger partial charge in [-0.15, -0.1) is 0 Å². The number of hydrogen-bond donors (Lipinski definition) is 3. The minimum absolute atomic E-state index is 0.0176. The molecule has 0 aromatic rings. The molecule has 0 heterocycles. The molecular formula is C27H48O12S3. The molecule has 0 aromatic carbocycles. The van der Waals surface area contributed by atoms with E-state index in [1.54, 1.807) is 0 Å². The van der Waals surface area contributed by atoms with Crippen LogP contribution in [0.25, 0.3) is 0 Å². The minimum Gasteiger partial charge on any atom is -0.264 e. The second kappa shape index (κ2) is 12.4. The number of hydrogen-bond acceptors (Lipinski definition) is 9. The molecular weight excluding hydrogens is 612 g/mol. The van der Waals surface area contributed by atoms with Crippen molar-refractivity contribution in [2.75, 3.05) is 6.61 Å². The van der Waals surface area contributed by atoms with Crippen molar-refractivity contribution in [2.24, 2.45) is 52.3 Å². The third-order valence-electron chi connectivity index (χ3n) is 11.7. The Balaban J connectivity index is 1.43. The lowest BCUT2D eigenvalue weighted by Crippen LogP contribution is -2.57. The Kier molecular flexibility index (Phi) is 10.2. The van der Waals surface area contributed by atoms with Crippen LogP contribution in [0.15, 0.2) is 0 Å². The molecule has 12 nitrogen and oxygen atoms in total. The van der Waals surface area contributed by atoms with Gasteiger partial charge in [-0.25, -0.2) is 12.5 Å². The van der Waals surface area contributed by atoms with Crippen LogP contribution in [0.3, 0.4) is 0 Å². The summed E-state index contributed by atoms with van der Waals surface area (Å²) in [5.41, 5.74) is -0.151. The molecule has 0 spiro atoms. The zero-order valence-corrected chi connectivity index (χ0v) is 27.4. The van der Waals surface area contributed by atoms with Crippen molar-refractivity contribution in [2.45, 2.75) is 111 Å². The van der Waals surface area contributed by atoms with E-state index in [0.717, 1.165) is 57.8 Å². The topological polar surface area (TPSA) is 191 Å². The van der Waals surface area contributed by atoms with Crippen LogP contribution in [-0.2, 0) is 43.7 Å². The zero-order valence-electron chi connectivity index (χ0n) is 24.9. The third kappa shape index (κ3) is 7.87. The molecule has 4 aliphatic rings. The predicted octanol–water partition coefficient (Wildman–Crippen LogP) is 4.89. The van der Waals surface area contributed by atoms with Gasteiger partial charge >= 0.3 is 31.2 Å². The van der Waals surface area contributed by atoms with Crippen molar-refractivity contribution in [3.8, 4) is 0 Å². The molecule has 4 fully saturated rings. The van der Waals surface area contributed by atoms with Gasteiger partial charge in [-0.3, -0.25) is 13.7 Å². The van der Waals surface area contributed by atoms with Crippen LogP contribution in [0.1, 0.15) is 98.3 Å². The first kappa shape index (κ1) is 34.5. The van der Waals surface area contributed by atoms with Crippen LogP contribution in [0, 0.1) is 52.3 Å². The first-order valence-corrected chi connectivity index (χ1v) is 19.2. The Morgan fingerprint density at radius 1 is 0.762 bits per heavy atom. The average molecular weight is 661 g/mol. The second-order valence-corrected chi connectivity index (χ2v) is 17.4. The largest absolute Gasteiger partial charge is 0.397 e. The Bertz CT molecular complexity index is 1280. The highest BCUT2D eigenvalue weighted by Crippen LogP contribution is 2.68. The van der Waals surface area contributed by atoms with E-state index in [9.17, 15) is 34.4 Å². The Hall–Kier alpha value is -0.390. The summed E-state index contributed by atoms with van der Waals surface area (Å²) in [5, 5.41) is 0. The summed E-state index contributed by atoms with van der Waals surface area (Å²) in [6, 6.07) is 0. The van der Waals surface area contributed by atoms with Gasteiger partial charge in [0.2, 0.25) is 0 Å². The maximum atomic E-state index is 11.7. The van der Waals surface area contributed by atoms with Crippen molar-refractivity contribution in [1.82, 2.24) is 0 Å². The summed E-state index contributed by atoms with van der Waals surface area (Å²) in [4.78, 5) is 0. The molecule has 42 heavy (non-hydrogen) atoms. The summed E-state index contributed by atoms with van der Waals surface area (Å²) in [7, 11) is -14.1. The van der Waals surface area contributed by atoms with Crippen molar-refractivity contribution in [1.29, 1.82) is 0 Å². The monoisotopic (exact) mass is 660 g/mol. The molecule has 0 aromatic heterocycles. The molecule has 0 radical (unpaired) electrons. The summed E-state index contributed by atoms with van der Waals surface area (Å²) in [5.74, 6) is 2.42. The van der Waals surface area contributed by atoms with Gasteiger partial charge in [-0.1, -0.05) is 40.5 Å². The molecule has 4 rings (SSSR count). The Labute approximate surface area is 251 Å². The number of fused-ring (bicyclic) bond motifs is 5. The van der Waals surface area contributed by atoms with Gasteiger partial charge in [0.1, 0.15) is 12.2 Å². The molecule has 4 aliphatic carbocycles. The molecule has 0 bridgehead atoms. The fourth-order valence-corrected chi connectivity index (χ4v) is 11.4. The van der Waals surface area contributed by atoms with Crippen molar-refractivity contribution in [3.63, 3.8) is 0 Å². The van der Waals surface area contributed by atoms with E-state index in [1.807, 2.05) is 6.92 Å². The average Bonchev–Trinajstić information content (AvgIpc) is 3.18. The standard InChI is InChI=1S/C27H48O12S3/c1-17(16-37-40(28,29)30)6-5-7-18(2)21-10-11-22-20-9-8-19-14-24(38-41(31,32)33)25(39-42(34,35)36)15-27(19,4)23(20)12-13-26(21,22)3/h17-25H,5-16H2,1-4H3,(H,28,29,30)(H,31,32,33)(H,34,35,36)/t17?,18-,19+,20?,21-,22?,23?,24+,25+,26-,27+/m1/s1. The SMILES string of the molecule is CC(CCC[C@@H](C)[C@H]1CCC2C3CC[C@H]4C[C@H](OS(=O)(=O)O)[C@@H](OS(=O)(=O)O)C[C@]4(C)C3CC[C@@]21C)COS(=O)(=O)O. The lowest BCUT2D eigenvalue weighted by molar-refractivity contribution is -0.152. The molecule has 3 N–H and O–H groups in total. The van der Waals surface area contributed by atoms with E-state index in [0.29, 0.717) is 29.6 Å². The van der Waals surface area contributed by atoms with E-state index in [-0.39, 0.29) is 42.1 Å². The third-order valence-corrected chi connectivity index (χ3v) is 13.2. The molecule has 0 amide bonds. The molecule has 246 valence electrons. The van der Waals surface area contributed by atoms with Crippen LogP contribution in [0.4, 0.5) is 0 Å². The van der Waals surface area contributed by atoms with Crippen LogP contribution in [-0.4, -0.2) is 57.7 Å². The molecule has 0 saturated heterocycles. The second-order valence-electron chi connectivity index (χ2n) is 14.2. The van der Waals surface area contributed by atoms with E-state index < -0.39 is 43.4 Å². The highest BCUT2D eigenvalue weighted by molar-refractivity contribution is 7.81. The molecule has 0 aliphatic heterocycles. The van der Waals surface area contributed by atoms with Crippen LogP contribution in [0.5, 0.6) is 0 Å². The van der Waals surface area contributed by atoms with Gasteiger partial charge < -0.3 is 0 Å². The van der Waals surface area contributed by atoms with Crippen molar-refractivity contribution >= 4 is 31.2 Å². The lowest BCUT2D eigenvalue weighted by Gasteiger charge is -2.62. The summed E-state index contributed by atoms with van der Waals surface area (Å²) < 4.78 is 110. The summed E-state index contributed by atoms with van der Waals surface area (Å²) in [6.07, 6.45) is 6.92. The van der Waals surface area contributed by atoms with E-state index in [4.69, 9.17) is 12.9 Å². The number of rotatable bonds is 12. The maximum absolute atomic E-state index is 11.7. The Morgan fingerprint density at radius 3 is 2.00 bits per heavy atom. The molecule has 15 heteroatoms. The van der Waals surface area contributed by atoms with E-state index in [1.165, 1.54) is 0 Å². The van der Waals surface area contributed by atoms with Crippen molar-refractivity contribution < 1.29 is 51.5 Å². The van der Waals surface area contributed by atoms with Gasteiger partial charge in [0.15, 0.2) is 0 Å². The molecule has 4 saturated carbocycles. The van der Waals surface area contributed by atoms with Crippen LogP contribution < -0.4 is 0 Å². The van der Waals surface area contributed by atoms with Crippen LogP contribution >= 0.6 is 0 Å². The molecule has 4 unspecified atom stereocenters. The normalized spacial score (nSPS) is 40.5. The summed E-state index contributed by atoms with van der Waals surface area (Å²) >= 11 is 0. The Morgan fingerprint density at radius 2 is 1.38 bits per heavy atom. The quantitative estimate of drug-likeness (QED) is 0.241. The highest BCUT2D eigenvalue weighted by Gasteiger charge is 2.62. The van der Waals surface area contributed by atoms with Gasteiger partial charge in [0.25, 0.3) is 0 Å². The zero-order chi connectivity index (χ0) is 31.3. The van der Waals surface area contributed by atoms with Gasteiger partial charge in [0.05, 0.1) is 6.61 Å². The van der Waals surface area contributed by atoms with Gasteiger partial charge in [-0.05, 0) is 110 Å². The maximum Gasteiger partial charge on any atom is 0.397 e. The fraction of sp³-hybridized carbons (Fsp3) is 1.00. The van der Waals surface area contributed by atoms with Gasteiger partial charge in [0, 0.05) is 0 Å². The lowest BCUT2D eigenvalue weighted by atomic mass is 9.44. The van der Waals surface area contributed by atoms with Crippen LogP contribution in [0.2, 0.25) is 0 Å². The fourth-order valence-electron chi connectivity index (χ4n) is 10.00. The van der Waals surface area contributed by atoms with E-state index >= 15 is 0 Å². The van der Waals surface area contributed by atoms with E-state index in [2.05, 4.69) is 25.0 Å². The van der Waals surface area contributed by atoms with Gasteiger partial charge in [-0.2, -0.15) is 25.3 Å². The highest BCUT2D eigenvalue weighted by atomic mass is 32.3. The minimum atomic E-state index is -4.87. The smallest absolute Gasteiger partial charge is 0.264 e. The first-order valence-electron chi connectivity index (χ1n) is 15.1. The summed E-state index contributed by atoms with van der Waals surface area (Å²) in [6.45, 7) is 8.77. The predicted molar refractivity (Wildman–Crippen MR) is 153 cm³/mol. The first-order chi connectivity index (χ1) is 19.2. The van der Waals surface area contributed by atoms with Crippen molar-refractivity contribution in [3.05, 3.63) is 0 Å². The molecule has 11 atom stereocenters.